The maximum Gasteiger partial charge on any atom is 0.333 e. The molecule has 2 aromatic carbocycles. The monoisotopic (exact) mass is 347 g/mol. The van der Waals surface area contributed by atoms with Crippen LogP contribution in [0, 0.1) is 0 Å². The van der Waals surface area contributed by atoms with Crippen LogP contribution in [0.3, 0.4) is 0 Å². The van der Waals surface area contributed by atoms with Crippen molar-refractivity contribution < 1.29 is 14.3 Å². The molecule has 0 aliphatic heterocycles. The molecule has 0 saturated heterocycles. The summed E-state index contributed by atoms with van der Waals surface area (Å²) in [6, 6.07) is 15.0. The van der Waals surface area contributed by atoms with Gasteiger partial charge in [-0.1, -0.05) is 46.3 Å². The normalized spacial score (nSPS) is 11.5. The van der Waals surface area contributed by atoms with Crippen molar-refractivity contribution in [3.8, 4) is 0 Å². The van der Waals surface area contributed by atoms with Crippen LogP contribution in [0.5, 0.6) is 0 Å². The first-order valence-corrected chi connectivity index (χ1v) is 7.10. The minimum absolute atomic E-state index is 0.325. The minimum atomic E-state index is -0.837. The number of esters is 1. The van der Waals surface area contributed by atoms with Crippen molar-refractivity contribution in [3.63, 3.8) is 0 Å². The molecule has 1 amide bonds. The van der Waals surface area contributed by atoms with Crippen LogP contribution in [0.25, 0.3) is 0 Å². The molecule has 2 rings (SSSR count). The largest absolute Gasteiger partial charge is 0.467 e. The molecule has 0 aliphatic carbocycles. The van der Waals surface area contributed by atoms with E-state index < -0.39 is 12.0 Å². The molecule has 108 valence electrons. The van der Waals surface area contributed by atoms with E-state index in [4.69, 9.17) is 4.74 Å². The van der Waals surface area contributed by atoms with Crippen LogP contribution in [-0.4, -0.2) is 19.0 Å². The summed E-state index contributed by atoms with van der Waals surface area (Å²) in [5.41, 5.74) is 1.15. The Balaban J connectivity index is 2.23. The van der Waals surface area contributed by atoms with Gasteiger partial charge in [-0.15, -0.1) is 0 Å². The summed E-state index contributed by atoms with van der Waals surface area (Å²) in [5, 5.41) is 2.69. The lowest BCUT2D eigenvalue weighted by atomic mass is 10.1. The molecule has 1 atom stereocenters. The van der Waals surface area contributed by atoms with Gasteiger partial charge < -0.3 is 10.1 Å². The third-order valence-electron chi connectivity index (χ3n) is 2.95. The zero-order chi connectivity index (χ0) is 15.2. The summed E-state index contributed by atoms with van der Waals surface area (Å²) in [6.45, 7) is 0. The Morgan fingerprint density at radius 1 is 1.05 bits per heavy atom. The van der Waals surface area contributed by atoms with Gasteiger partial charge in [0, 0.05) is 10.0 Å². The summed E-state index contributed by atoms with van der Waals surface area (Å²) < 4.78 is 5.66. The van der Waals surface area contributed by atoms with Gasteiger partial charge in [-0.3, -0.25) is 4.79 Å². The molecular formula is C16H14BrNO3. The number of amides is 1. The number of rotatable bonds is 4. The van der Waals surface area contributed by atoms with Gasteiger partial charge in [0.1, 0.15) is 0 Å². The SMILES string of the molecule is COC(=O)C(NC(=O)c1ccccc1)c1ccc(Br)cc1. The van der Waals surface area contributed by atoms with E-state index in [1.165, 1.54) is 7.11 Å². The summed E-state index contributed by atoms with van der Waals surface area (Å²) in [7, 11) is 1.29. The van der Waals surface area contributed by atoms with Crippen molar-refractivity contribution in [2.24, 2.45) is 0 Å². The second-order valence-corrected chi connectivity index (χ2v) is 5.26. The van der Waals surface area contributed by atoms with Crippen molar-refractivity contribution in [1.82, 2.24) is 5.32 Å². The molecule has 1 unspecified atom stereocenters. The quantitative estimate of drug-likeness (QED) is 0.864. The van der Waals surface area contributed by atoms with Gasteiger partial charge in [0.15, 0.2) is 6.04 Å². The Hall–Kier alpha value is -2.14. The summed E-state index contributed by atoms with van der Waals surface area (Å²) in [5.74, 6) is -0.837. The highest BCUT2D eigenvalue weighted by atomic mass is 79.9. The lowest BCUT2D eigenvalue weighted by molar-refractivity contribution is -0.143. The summed E-state index contributed by atoms with van der Waals surface area (Å²) in [6.07, 6.45) is 0. The number of carbonyl (C=O) groups excluding carboxylic acids is 2. The van der Waals surface area contributed by atoms with Gasteiger partial charge in [-0.25, -0.2) is 4.79 Å². The fourth-order valence-corrected chi connectivity index (χ4v) is 2.12. The molecule has 4 nitrogen and oxygen atoms in total. The lowest BCUT2D eigenvalue weighted by Crippen LogP contribution is -2.34. The van der Waals surface area contributed by atoms with Crippen LogP contribution in [0.1, 0.15) is 22.0 Å². The maximum atomic E-state index is 12.2. The average Bonchev–Trinajstić information content (AvgIpc) is 2.53. The van der Waals surface area contributed by atoms with Crippen LogP contribution in [0.15, 0.2) is 59.1 Å². The summed E-state index contributed by atoms with van der Waals surface area (Å²) >= 11 is 3.33. The minimum Gasteiger partial charge on any atom is -0.467 e. The van der Waals surface area contributed by atoms with E-state index in [9.17, 15) is 9.59 Å². The third kappa shape index (κ3) is 3.92. The second kappa shape index (κ2) is 7.04. The number of ether oxygens (including phenoxy) is 1. The van der Waals surface area contributed by atoms with E-state index in [-0.39, 0.29) is 5.91 Å². The molecule has 21 heavy (non-hydrogen) atoms. The van der Waals surface area contributed by atoms with E-state index in [1.807, 2.05) is 6.07 Å². The smallest absolute Gasteiger partial charge is 0.333 e. The zero-order valence-electron chi connectivity index (χ0n) is 11.4. The topological polar surface area (TPSA) is 55.4 Å². The first-order chi connectivity index (χ1) is 10.1. The molecule has 0 spiro atoms. The lowest BCUT2D eigenvalue weighted by Gasteiger charge is -2.17. The molecule has 5 heteroatoms. The van der Waals surface area contributed by atoms with E-state index in [0.717, 1.165) is 4.47 Å². The van der Waals surface area contributed by atoms with Gasteiger partial charge in [0.05, 0.1) is 7.11 Å². The highest BCUT2D eigenvalue weighted by Gasteiger charge is 2.23. The predicted octanol–water partition coefficient (Wildman–Crippen LogP) is 3.09. The van der Waals surface area contributed by atoms with Crippen LogP contribution < -0.4 is 5.32 Å². The fourth-order valence-electron chi connectivity index (χ4n) is 1.86. The van der Waals surface area contributed by atoms with Crippen LogP contribution in [0.2, 0.25) is 0 Å². The van der Waals surface area contributed by atoms with Gasteiger partial charge >= 0.3 is 5.97 Å². The Morgan fingerprint density at radius 3 is 2.24 bits per heavy atom. The first kappa shape index (κ1) is 15.3. The maximum absolute atomic E-state index is 12.2. The van der Waals surface area contributed by atoms with Gasteiger partial charge in [0.2, 0.25) is 0 Å². The predicted molar refractivity (Wildman–Crippen MR) is 82.8 cm³/mol. The number of halogens is 1. The molecule has 0 aliphatic rings. The van der Waals surface area contributed by atoms with Gasteiger partial charge in [0.25, 0.3) is 5.91 Å². The molecule has 0 aromatic heterocycles. The van der Waals surface area contributed by atoms with Crippen molar-refractivity contribution >= 4 is 27.8 Å². The van der Waals surface area contributed by atoms with Crippen molar-refractivity contribution in [2.45, 2.75) is 6.04 Å². The summed E-state index contributed by atoms with van der Waals surface area (Å²) in [4.78, 5) is 24.1. The molecule has 1 N–H and O–H groups in total. The van der Waals surface area contributed by atoms with Crippen molar-refractivity contribution in [1.29, 1.82) is 0 Å². The van der Waals surface area contributed by atoms with Crippen molar-refractivity contribution in [2.75, 3.05) is 7.11 Å². The molecule has 0 radical (unpaired) electrons. The van der Waals surface area contributed by atoms with E-state index >= 15 is 0 Å². The number of carbonyl (C=O) groups is 2. The Bertz CT molecular complexity index is 626. The number of nitrogens with one attached hydrogen (secondary N) is 1. The fraction of sp³-hybridized carbons (Fsp3) is 0.125. The van der Waals surface area contributed by atoms with Crippen LogP contribution in [-0.2, 0) is 9.53 Å². The van der Waals surface area contributed by atoms with E-state index in [2.05, 4.69) is 21.2 Å². The molecular weight excluding hydrogens is 334 g/mol. The Labute approximate surface area is 131 Å². The van der Waals surface area contributed by atoms with Gasteiger partial charge in [-0.2, -0.15) is 0 Å². The third-order valence-corrected chi connectivity index (χ3v) is 3.48. The molecule has 0 bridgehead atoms. The molecule has 2 aromatic rings. The van der Waals surface area contributed by atoms with Crippen LogP contribution in [0.4, 0.5) is 0 Å². The number of hydrogen-bond donors (Lipinski definition) is 1. The highest BCUT2D eigenvalue weighted by molar-refractivity contribution is 9.10. The standard InChI is InChI=1S/C16H14BrNO3/c1-21-16(20)14(11-7-9-13(17)10-8-11)18-15(19)12-5-3-2-4-6-12/h2-10,14H,1H3,(H,18,19). The van der Waals surface area contributed by atoms with E-state index in [0.29, 0.717) is 11.1 Å². The first-order valence-electron chi connectivity index (χ1n) is 6.31. The second-order valence-electron chi connectivity index (χ2n) is 4.35. The number of methoxy groups -OCH3 is 1. The highest BCUT2D eigenvalue weighted by Crippen LogP contribution is 2.18. The number of benzene rings is 2. The zero-order valence-corrected chi connectivity index (χ0v) is 13.0. The van der Waals surface area contributed by atoms with Crippen LogP contribution >= 0.6 is 15.9 Å². The molecule has 0 heterocycles. The van der Waals surface area contributed by atoms with Crippen molar-refractivity contribution in [3.05, 3.63) is 70.2 Å². The van der Waals surface area contributed by atoms with E-state index in [1.54, 1.807) is 48.5 Å². The van der Waals surface area contributed by atoms with Gasteiger partial charge in [-0.05, 0) is 29.8 Å². The Morgan fingerprint density at radius 2 is 1.67 bits per heavy atom. The molecule has 0 saturated carbocycles. The molecule has 0 fully saturated rings. The average molecular weight is 348 g/mol. The Kier molecular flexibility index (Phi) is 5.11. The number of hydrogen-bond acceptors (Lipinski definition) is 3.